The summed E-state index contributed by atoms with van der Waals surface area (Å²) in [6.45, 7) is 2.07. The number of aryl methyl sites for hydroxylation is 1. The van der Waals surface area contributed by atoms with Gasteiger partial charge in [0.15, 0.2) is 0 Å². The van der Waals surface area contributed by atoms with Crippen LogP contribution in [0.3, 0.4) is 0 Å². The smallest absolute Gasteiger partial charge is 0.0590 e. The van der Waals surface area contributed by atoms with E-state index in [1.165, 1.54) is 5.56 Å². The Labute approximate surface area is 132 Å². The zero-order chi connectivity index (χ0) is 14.0. The molecule has 0 aliphatic rings. The summed E-state index contributed by atoms with van der Waals surface area (Å²) in [6.07, 6.45) is 0. The molecule has 0 spiro atoms. The Kier molecular flexibility index (Phi) is 4.91. The van der Waals surface area contributed by atoms with E-state index in [0.717, 1.165) is 15.6 Å². The van der Waals surface area contributed by atoms with E-state index in [2.05, 4.69) is 46.4 Å². The van der Waals surface area contributed by atoms with Gasteiger partial charge in [-0.25, -0.2) is 0 Å². The monoisotopic (exact) mass is 357 g/mol. The Bertz CT molecular complexity index is 578. The molecule has 19 heavy (non-hydrogen) atoms. The first kappa shape index (κ1) is 14.9. The van der Waals surface area contributed by atoms with Crippen molar-refractivity contribution < 1.29 is 0 Å². The van der Waals surface area contributed by atoms with E-state index in [0.29, 0.717) is 10.0 Å². The van der Waals surface area contributed by atoms with Gasteiger partial charge in [0.2, 0.25) is 0 Å². The van der Waals surface area contributed by atoms with Crippen molar-refractivity contribution in [1.82, 2.24) is 5.32 Å². The molecule has 0 saturated carbocycles. The van der Waals surface area contributed by atoms with Crippen LogP contribution in [0, 0.1) is 6.92 Å². The van der Waals surface area contributed by atoms with Gasteiger partial charge in [-0.1, -0.05) is 45.2 Å². The fourth-order valence-corrected chi connectivity index (χ4v) is 3.20. The molecule has 100 valence electrons. The molecule has 1 atom stereocenters. The minimum absolute atomic E-state index is 0.0161. The maximum Gasteiger partial charge on any atom is 0.0590 e. The quantitative estimate of drug-likeness (QED) is 0.777. The van der Waals surface area contributed by atoms with Crippen molar-refractivity contribution in [2.24, 2.45) is 0 Å². The molecule has 0 radical (unpaired) electrons. The lowest BCUT2D eigenvalue weighted by atomic mass is 9.97. The van der Waals surface area contributed by atoms with Crippen LogP contribution in [0.25, 0.3) is 0 Å². The van der Waals surface area contributed by atoms with Crippen molar-refractivity contribution in [1.29, 1.82) is 0 Å². The van der Waals surface area contributed by atoms with E-state index in [9.17, 15) is 0 Å². The predicted octanol–water partition coefficient (Wildman–Crippen LogP) is 5.37. The second kappa shape index (κ2) is 6.27. The van der Waals surface area contributed by atoms with Crippen molar-refractivity contribution in [2.75, 3.05) is 7.05 Å². The molecule has 0 saturated heterocycles. The highest BCUT2D eigenvalue weighted by atomic mass is 79.9. The molecule has 0 aliphatic carbocycles. The molecule has 0 aromatic heterocycles. The molecule has 0 aliphatic heterocycles. The van der Waals surface area contributed by atoms with Gasteiger partial charge in [-0.3, -0.25) is 0 Å². The predicted molar refractivity (Wildman–Crippen MR) is 86.2 cm³/mol. The summed E-state index contributed by atoms with van der Waals surface area (Å²) in [7, 11) is 1.91. The van der Waals surface area contributed by atoms with Gasteiger partial charge in [-0.15, -0.1) is 0 Å². The Morgan fingerprint density at radius 3 is 2.47 bits per heavy atom. The Morgan fingerprint density at radius 2 is 1.84 bits per heavy atom. The molecule has 1 unspecified atom stereocenters. The molecule has 1 N–H and O–H groups in total. The SMILES string of the molecule is CNC(c1cc(C)cc(Br)c1)c1cc(Cl)ccc1Cl. The average molecular weight is 359 g/mol. The summed E-state index contributed by atoms with van der Waals surface area (Å²) in [5, 5.41) is 4.69. The van der Waals surface area contributed by atoms with E-state index < -0.39 is 0 Å². The molecule has 0 fully saturated rings. The van der Waals surface area contributed by atoms with E-state index in [-0.39, 0.29) is 6.04 Å². The molecule has 0 amide bonds. The number of hydrogen-bond acceptors (Lipinski definition) is 1. The van der Waals surface area contributed by atoms with E-state index >= 15 is 0 Å². The summed E-state index contributed by atoms with van der Waals surface area (Å²) in [4.78, 5) is 0. The Hall–Kier alpha value is -0.540. The maximum absolute atomic E-state index is 6.29. The van der Waals surface area contributed by atoms with Gasteiger partial charge in [0.25, 0.3) is 0 Å². The van der Waals surface area contributed by atoms with Crippen LogP contribution >= 0.6 is 39.1 Å². The van der Waals surface area contributed by atoms with Gasteiger partial charge in [0.1, 0.15) is 0 Å². The number of nitrogens with one attached hydrogen (secondary N) is 1. The first-order valence-corrected chi connectivity index (χ1v) is 7.45. The number of halogens is 3. The van der Waals surface area contributed by atoms with Crippen LogP contribution in [0.5, 0.6) is 0 Å². The molecule has 1 nitrogen and oxygen atoms in total. The molecule has 2 aromatic carbocycles. The van der Waals surface area contributed by atoms with Gasteiger partial charge in [0.05, 0.1) is 6.04 Å². The van der Waals surface area contributed by atoms with Crippen LogP contribution in [0.2, 0.25) is 10.0 Å². The molecule has 0 bridgehead atoms. The number of hydrogen-bond donors (Lipinski definition) is 1. The lowest BCUT2D eigenvalue weighted by molar-refractivity contribution is 0.691. The highest BCUT2D eigenvalue weighted by Gasteiger charge is 2.16. The highest BCUT2D eigenvalue weighted by molar-refractivity contribution is 9.10. The van der Waals surface area contributed by atoms with Gasteiger partial charge in [-0.2, -0.15) is 0 Å². The van der Waals surface area contributed by atoms with Crippen LogP contribution in [-0.4, -0.2) is 7.05 Å². The van der Waals surface area contributed by atoms with E-state index in [4.69, 9.17) is 23.2 Å². The van der Waals surface area contributed by atoms with Gasteiger partial charge >= 0.3 is 0 Å². The van der Waals surface area contributed by atoms with E-state index in [1.54, 1.807) is 6.07 Å². The highest BCUT2D eigenvalue weighted by Crippen LogP contribution is 2.32. The fourth-order valence-electron chi connectivity index (χ4n) is 2.17. The Morgan fingerprint density at radius 1 is 1.11 bits per heavy atom. The van der Waals surface area contributed by atoms with Crippen LogP contribution in [0.4, 0.5) is 0 Å². The van der Waals surface area contributed by atoms with Crippen LogP contribution in [0.15, 0.2) is 40.9 Å². The summed E-state index contributed by atoms with van der Waals surface area (Å²) in [5.74, 6) is 0. The van der Waals surface area contributed by atoms with Crippen LogP contribution in [0.1, 0.15) is 22.7 Å². The minimum Gasteiger partial charge on any atom is -0.309 e. The van der Waals surface area contributed by atoms with Crippen LogP contribution in [-0.2, 0) is 0 Å². The normalized spacial score (nSPS) is 12.5. The summed E-state index contributed by atoms with van der Waals surface area (Å²) < 4.78 is 1.06. The average Bonchev–Trinajstić information content (AvgIpc) is 2.33. The lowest BCUT2D eigenvalue weighted by Crippen LogP contribution is -2.18. The maximum atomic E-state index is 6.29. The largest absolute Gasteiger partial charge is 0.309 e. The van der Waals surface area contributed by atoms with Crippen molar-refractivity contribution in [3.63, 3.8) is 0 Å². The first-order valence-electron chi connectivity index (χ1n) is 5.90. The fraction of sp³-hybridized carbons (Fsp3) is 0.200. The molecular formula is C15H14BrCl2N. The molecule has 4 heteroatoms. The van der Waals surface area contributed by atoms with Gasteiger partial charge in [-0.05, 0) is 61.0 Å². The van der Waals surface area contributed by atoms with Crippen molar-refractivity contribution in [3.8, 4) is 0 Å². The zero-order valence-corrected chi connectivity index (χ0v) is 13.8. The third kappa shape index (κ3) is 3.51. The lowest BCUT2D eigenvalue weighted by Gasteiger charge is -2.19. The summed E-state index contributed by atoms with van der Waals surface area (Å²) in [5.41, 5.74) is 3.33. The second-order valence-corrected chi connectivity index (χ2v) is 6.21. The molecule has 0 heterocycles. The topological polar surface area (TPSA) is 12.0 Å². The number of rotatable bonds is 3. The van der Waals surface area contributed by atoms with Crippen molar-refractivity contribution in [2.45, 2.75) is 13.0 Å². The summed E-state index contributed by atoms with van der Waals surface area (Å²) in [6, 6.07) is 11.9. The van der Waals surface area contributed by atoms with Crippen molar-refractivity contribution in [3.05, 3.63) is 67.6 Å². The number of benzene rings is 2. The van der Waals surface area contributed by atoms with E-state index in [1.807, 2.05) is 19.2 Å². The van der Waals surface area contributed by atoms with Gasteiger partial charge < -0.3 is 5.32 Å². The van der Waals surface area contributed by atoms with Crippen molar-refractivity contribution >= 4 is 39.1 Å². The molecule has 2 rings (SSSR count). The zero-order valence-electron chi connectivity index (χ0n) is 10.7. The molecule has 2 aromatic rings. The second-order valence-electron chi connectivity index (χ2n) is 4.45. The van der Waals surface area contributed by atoms with Crippen LogP contribution < -0.4 is 5.32 Å². The molecular weight excluding hydrogens is 345 g/mol. The first-order chi connectivity index (χ1) is 9.01. The standard InChI is InChI=1S/C15H14BrCl2N/c1-9-5-10(7-11(16)6-9)15(19-2)13-8-12(17)3-4-14(13)18/h3-8,15,19H,1-2H3. The Balaban J connectivity index is 2.52. The third-order valence-electron chi connectivity index (χ3n) is 2.96. The minimum atomic E-state index is 0.0161. The summed E-state index contributed by atoms with van der Waals surface area (Å²) >= 11 is 15.9. The van der Waals surface area contributed by atoms with Gasteiger partial charge in [0, 0.05) is 14.5 Å². The third-order valence-corrected chi connectivity index (χ3v) is 3.99.